The fourth-order valence-corrected chi connectivity index (χ4v) is 4.57. The molecule has 4 rings (SSSR count). The molecule has 174 valence electrons. The van der Waals surface area contributed by atoms with Gasteiger partial charge in [-0.05, 0) is 68.1 Å². The average Bonchev–Trinajstić information content (AvgIpc) is 3.12. The van der Waals surface area contributed by atoms with Crippen LogP contribution in [0.3, 0.4) is 0 Å². The van der Waals surface area contributed by atoms with E-state index in [0.717, 1.165) is 65.6 Å². The van der Waals surface area contributed by atoms with Crippen molar-refractivity contribution < 1.29 is 9.53 Å². The Kier molecular flexibility index (Phi) is 7.47. The van der Waals surface area contributed by atoms with E-state index >= 15 is 0 Å². The Morgan fingerprint density at radius 3 is 2.55 bits per heavy atom. The highest BCUT2D eigenvalue weighted by atomic mass is 16.5. The number of methoxy groups -OCH3 is 1. The number of carbonyl (C=O) groups is 1. The molecule has 6 nitrogen and oxygen atoms in total. The standard InChI is InChI=1S/C27H34N4O2/c1-33-21-12-10-19(11-13-21)18-30-24-14-15-25-26-22(24)8-4-9-23(26)27(32)31(25)17-5-7-20(29)6-2-3-16-28/h4,8-15,20,30H,2-3,5-7,16-18,28-29H2,1H3. The molecule has 0 radical (unpaired) electrons. The third kappa shape index (κ3) is 5.13. The van der Waals surface area contributed by atoms with Gasteiger partial charge in [0.1, 0.15) is 5.75 Å². The van der Waals surface area contributed by atoms with Crippen molar-refractivity contribution in [3.8, 4) is 5.75 Å². The summed E-state index contributed by atoms with van der Waals surface area (Å²) in [4.78, 5) is 15.1. The molecule has 0 bridgehead atoms. The van der Waals surface area contributed by atoms with Gasteiger partial charge in [0.15, 0.2) is 0 Å². The van der Waals surface area contributed by atoms with E-state index in [4.69, 9.17) is 16.2 Å². The molecule has 1 unspecified atom stereocenters. The fraction of sp³-hybridized carbons (Fsp3) is 0.370. The van der Waals surface area contributed by atoms with Crippen LogP contribution in [0.5, 0.6) is 5.75 Å². The highest BCUT2D eigenvalue weighted by Crippen LogP contribution is 2.40. The van der Waals surface area contributed by atoms with Crippen LogP contribution >= 0.6 is 0 Å². The Balaban J connectivity index is 1.45. The van der Waals surface area contributed by atoms with Gasteiger partial charge in [-0.2, -0.15) is 0 Å². The monoisotopic (exact) mass is 446 g/mol. The number of hydrogen-bond acceptors (Lipinski definition) is 5. The van der Waals surface area contributed by atoms with Crippen LogP contribution in [0.15, 0.2) is 54.6 Å². The number of anilines is 2. The molecule has 0 saturated carbocycles. The van der Waals surface area contributed by atoms with Crippen molar-refractivity contribution in [3.63, 3.8) is 0 Å². The lowest BCUT2D eigenvalue weighted by molar-refractivity contribution is 0.0992. The van der Waals surface area contributed by atoms with Gasteiger partial charge in [-0.15, -0.1) is 0 Å². The Labute approximate surface area is 195 Å². The maximum absolute atomic E-state index is 13.2. The van der Waals surface area contributed by atoms with Crippen LogP contribution in [-0.4, -0.2) is 32.1 Å². The quantitative estimate of drug-likeness (QED) is 0.352. The van der Waals surface area contributed by atoms with Gasteiger partial charge in [0.05, 0.1) is 12.8 Å². The minimum absolute atomic E-state index is 0.0830. The predicted octanol–water partition coefficient (Wildman–Crippen LogP) is 4.66. The molecule has 0 aliphatic carbocycles. The fourth-order valence-electron chi connectivity index (χ4n) is 4.57. The van der Waals surface area contributed by atoms with Gasteiger partial charge in [0.25, 0.3) is 5.91 Å². The van der Waals surface area contributed by atoms with Gasteiger partial charge >= 0.3 is 0 Å². The first-order valence-electron chi connectivity index (χ1n) is 11.8. The second kappa shape index (κ2) is 10.7. The molecular formula is C27H34N4O2. The van der Waals surface area contributed by atoms with E-state index in [1.165, 1.54) is 5.56 Å². The molecule has 1 amide bonds. The first-order chi connectivity index (χ1) is 16.1. The zero-order chi connectivity index (χ0) is 23.2. The van der Waals surface area contributed by atoms with Crippen LogP contribution in [-0.2, 0) is 6.54 Å². The summed E-state index contributed by atoms with van der Waals surface area (Å²) in [6.45, 7) is 2.10. The number of nitrogens with zero attached hydrogens (tertiary/aromatic N) is 1. The maximum atomic E-state index is 13.2. The molecular weight excluding hydrogens is 412 g/mol. The summed E-state index contributed by atoms with van der Waals surface area (Å²) in [5.74, 6) is 0.929. The second-order valence-electron chi connectivity index (χ2n) is 8.71. The Morgan fingerprint density at radius 1 is 1.00 bits per heavy atom. The molecule has 33 heavy (non-hydrogen) atoms. The van der Waals surface area contributed by atoms with E-state index in [-0.39, 0.29) is 11.9 Å². The number of rotatable bonds is 12. The number of unbranched alkanes of at least 4 members (excludes halogenated alkanes) is 1. The highest BCUT2D eigenvalue weighted by Gasteiger charge is 2.30. The van der Waals surface area contributed by atoms with Crippen molar-refractivity contribution in [3.05, 3.63) is 65.7 Å². The van der Waals surface area contributed by atoms with E-state index in [0.29, 0.717) is 19.6 Å². The second-order valence-corrected chi connectivity index (χ2v) is 8.71. The lowest BCUT2D eigenvalue weighted by atomic mass is 10.0. The average molecular weight is 447 g/mol. The van der Waals surface area contributed by atoms with E-state index in [1.807, 2.05) is 29.2 Å². The number of ether oxygens (including phenoxy) is 1. The minimum atomic E-state index is 0.0830. The number of nitrogens with one attached hydrogen (secondary N) is 1. The Hall–Kier alpha value is -3.09. The van der Waals surface area contributed by atoms with Crippen LogP contribution in [0.25, 0.3) is 10.8 Å². The van der Waals surface area contributed by atoms with Crippen molar-refractivity contribution in [2.45, 2.75) is 44.7 Å². The Bertz CT molecular complexity index is 1100. The van der Waals surface area contributed by atoms with Crippen LogP contribution in [0, 0.1) is 0 Å². The molecule has 5 N–H and O–H groups in total. The molecule has 6 heteroatoms. The smallest absolute Gasteiger partial charge is 0.258 e. The van der Waals surface area contributed by atoms with Gasteiger partial charge < -0.3 is 26.4 Å². The zero-order valence-electron chi connectivity index (χ0n) is 19.3. The van der Waals surface area contributed by atoms with Gasteiger partial charge in [0, 0.05) is 41.2 Å². The topological polar surface area (TPSA) is 93.6 Å². The number of hydrogen-bond donors (Lipinski definition) is 3. The van der Waals surface area contributed by atoms with Crippen molar-refractivity contribution in [1.82, 2.24) is 0 Å². The summed E-state index contributed by atoms with van der Waals surface area (Å²) in [6.07, 6.45) is 4.88. The largest absolute Gasteiger partial charge is 0.497 e. The molecule has 1 heterocycles. The van der Waals surface area contributed by atoms with Crippen molar-refractivity contribution in [2.24, 2.45) is 11.5 Å². The van der Waals surface area contributed by atoms with E-state index in [1.54, 1.807) is 7.11 Å². The molecule has 3 aromatic rings. The lowest BCUT2D eigenvalue weighted by Gasteiger charge is -2.19. The highest BCUT2D eigenvalue weighted by molar-refractivity contribution is 6.26. The number of benzene rings is 3. The zero-order valence-corrected chi connectivity index (χ0v) is 19.3. The van der Waals surface area contributed by atoms with Crippen molar-refractivity contribution >= 4 is 28.1 Å². The summed E-state index contributed by atoms with van der Waals surface area (Å²) in [5.41, 5.74) is 15.8. The van der Waals surface area contributed by atoms with Gasteiger partial charge in [0.2, 0.25) is 0 Å². The van der Waals surface area contributed by atoms with Crippen LogP contribution in [0.4, 0.5) is 11.4 Å². The number of amides is 1. The molecule has 0 spiro atoms. The maximum Gasteiger partial charge on any atom is 0.258 e. The van der Waals surface area contributed by atoms with Gasteiger partial charge in [-0.25, -0.2) is 0 Å². The first kappa shape index (κ1) is 23.1. The van der Waals surface area contributed by atoms with Gasteiger partial charge in [-0.3, -0.25) is 4.79 Å². The Morgan fingerprint density at radius 2 is 1.79 bits per heavy atom. The summed E-state index contributed by atoms with van der Waals surface area (Å²) in [6, 6.07) is 18.3. The summed E-state index contributed by atoms with van der Waals surface area (Å²) in [5, 5.41) is 5.65. The number of carbonyl (C=O) groups excluding carboxylic acids is 1. The minimum Gasteiger partial charge on any atom is -0.497 e. The molecule has 1 atom stereocenters. The third-order valence-corrected chi connectivity index (χ3v) is 6.41. The SMILES string of the molecule is COc1ccc(CNc2ccc3c4c(cccc24)C(=O)N3CCCC(N)CCCCN)cc1. The van der Waals surface area contributed by atoms with Crippen LogP contribution in [0.2, 0.25) is 0 Å². The van der Waals surface area contributed by atoms with E-state index in [9.17, 15) is 4.79 Å². The molecule has 1 aliphatic heterocycles. The molecule has 3 aromatic carbocycles. The summed E-state index contributed by atoms with van der Waals surface area (Å²) < 4.78 is 5.24. The summed E-state index contributed by atoms with van der Waals surface area (Å²) in [7, 11) is 1.67. The molecule has 0 fully saturated rings. The normalized spacial score (nSPS) is 13.5. The lowest BCUT2D eigenvalue weighted by Crippen LogP contribution is -2.29. The summed E-state index contributed by atoms with van der Waals surface area (Å²) >= 11 is 0. The van der Waals surface area contributed by atoms with Gasteiger partial charge in [-0.1, -0.05) is 30.7 Å². The van der Waals surface area contributed by atoms with Crippen molar-refractivity contribution in [2.75, 3.05) is 30.4 Å². The van der Waals surface area contributed by atoms with Crippen LogP contribution in [0.1, 0.15) is 48.0 Å². The molecule has 1 aliphatic rings. The van der Waals surface area contributed by atoms with E-state index in [2.05, 4.69) is 35.6 Å². The van der Waals surface area contributed by atoms with Crippen LogP contribution < -0.4 is 26.4 Å². The first-order valence-corrected chi connectivity index (χ1v) is 11.8. The third-order valence-electron chi connectivity index (χ3n) is 6.41. The number of nitrogens with two attached hydrogens (primary N) is 2. The molecule has 0 saturated heterocycles. The van der Waals surface area contributed by atoms with E-state index < -0.39 is 0 Å². The predicted molar refractivity (Wildman–Crippen MR) is 136 cm³/mol. The molecule has 0 aromatic heterocycles. The van der Waals surface area contributed by atoms with Crippen molar-refractivity contribution in [1.29, 1.82) is 0 Å².